The predicted molar refractivity (Wildman–Crippen MR) is 95.2 cm³/mol. The minimum absolute atomic E-state index is 0.806. The summed E-state index contributed by atoms with van der Waals surface area (Å²) in [5.74, 6) is 0.889. The highest BCUT2D eigenvalue weighted by Gasteiger charge is 2.19. The quantitative estimate of drug-likeness (QED) is 0.703. The van der Waals surface area contributed by atoms with Gasteiger partial charge in [0.2, 0.25) is 0 Å². The van der Waals surface area contributed by atoms with Gasteiger partial charge < -0.3 is 10.6 Å². The van der Waals surface area contributed by atoms with Crippen molar-refractivity contribution in [2.75, 3.05) is 13.1 Å². The smallest absolute Gasteiger partial charge is 0.0167 e. The summed E-state index contributed by atoms with van der Waals surface area (Å²) in [4.78, 5) is 0. The van der Waals surface area contributed by atoms with Crippen molar-refractivity contribution in [3.05, 3.63) is 11.6 Å². The minimum atomic E-state index is 0.806. The molecule has 0 radical (unpaired) electrons. The monoisotopic (exact) mass is 304 g/mol. The standard InChI is InChI=1S/C20H36N2/c1-3-7-19(8-4-1)21-15-17-11-13-18(14-12-17)16-22-20-9-5-2-6-10-20/h11,18-22H,1-10,12-16H2/t18-/m0/s1. The summed E-state index contributed by atoms with van der Waals surface area (Å²) in [6.45, 7) is 2.41. The molecule has 2 N–H and O–H groups in total. The molecule has 3 aliphatic rings. The third kappa shape index (κ3) is 5.38. The zero-order valence-corrected chi connectivity index (χ0v) is 14.4. The Balaban J connectivity index is 1.31. The van der Waals surface area contributed by atoms with E-state index in [1.807, 2.05) is 0 Å². The average Bonchev–Trinajstić information content (AvgIpc) is 2.61. The summed E-state index contributed by atoms with van der Waals surface area (Å²) in [5, 5.41) is 7.65. The SMILES string of the molecule is C1=C(CNC2CCCCC2)CC[C@@H](CNC2CCCCC2)C1. The molecule has 22 heavy (non-hydrogen) atoms. The summed E-state index contributed by atoms with van der Waals surface area (Å²) in [6.07, 6.45) is 20.9. The van der Waals surface area contributed by atoms with E-state index in [9.17, 15) is 0 Å². The molecule has 0 amide bonds. The molecule has 2 fully saturated rings. The van der Waals surface area contributed by atoms with E-state index in [-0.39, 0.29) is 0 Å². The van der Waals surface area contributed by atoms with Crippen LogP contribution in [-0.2, 0) is 0 Å². The van der Waals surface area contributed by atoms with Gasteiger partial charge in [-0.05, 0) is 57.4 Å². The van der Waals surface area contributed by atoms with Crippen LogP contribution in [0.5, 0.6) is 0 Å². The molecule has 0 aromatic rings. The van der Waals surface area contributed by atoms with Crippen LogP contribution in [0.4, 0.5) is 0 Å². The van der Waals surface area contributed by atoms with Crippen molar-refractivity contribution in [1.29, 1.82) is 0 Å². The third-order valence-corrected chi connectivity index (χ3v) is 6.14. The third-order valence-electron chi connectivity index (χ3n) is 6.14. The molecule has 0 saturated heterocycles. The molecule has 3 rings (SSSR count). The molecule has 0 aliphatic heterocycles. The van der Waals surface area contributed by atoms with E-state index in [1.165, 1.54) is 90.0 Å². The number of allylic oxidation sites excluding steroid dienone is 1. The maximum absolute atomic E-state index is 3.84. The molecule has 126 valence electrons. The zero-order chi connectivity index (χ0) is 15.0. The molecule has 2 nitrogen and oxygen atoms in total. The van der Waals surface area contributed by atoms with Gasteiger partial charge in [-0.3, -0.25) is 0 Å². The van der Waals surface area contributed by atoms with Crippen LogP contribution in [0, 0.1) is 5.92 Å². The molecule has 0 aromatic heterocycles. The molecule has 0 aromatic carbocycles. The Morgan fingerprint density at radius 2 is 1.41 bits per heavy atom. The van der Waals surface area contributed by atoms with E-state index in [1.54, 1.807) is 5.57 Å². The van der Waals surface area contributed by atoms with E-state index < -0.39 is 0 Å². The molecule has 2 heteroatoms. The van der Waals surface area contributed by atoms with Crippen LogP contribution >= 0.6 is 0 Å². The van der Waals surface area contributed by atoms with E-state index in [4.69, 9.17) is 0 Å². The normalized spacial score (nSPS) is 28.5. The van der Waals surface area contributed by atoms with E-state index in [0.29, 0.717) is 0 Å². The summed E-state index contributed by atoms with van der Waals surface area (Å²) >= 11 is 0. The molecule has 1 atom stereocenters. The van der Waals surface area contributed by atoms with Crippen molar-refractivity contribution < 1.29 is 0 Å². The lowest BCUT2D eigenvalue weighted by Gasteiger charge is -2.28. The molecular formula is C20H36N2. The van der Waals surface area contributed by atoms with Crippen LogP contribution in [0.25, 0.3) is 0 Å². The number of hydrogen-bond donors (Lipinski definition) is 2. The van der Waals surface area contributed by atoms with Crippen molar-refractivity contribution in [1.82, 2.24) is 10.6 Å². The Labute approximate surface area is 137 Å². The maximum Gasteiger partial charge on any atom is 0.0167 e. The highest BCUT2D eigenvalue weighted by molar-refractivity contribution is 5.09. The van der Waals surface area contributed by atoms with Gasteiger partial charge in [-0.1, -0.05) is 50.2 Å². The zero-order valence-electron chi connectivity index (χ0n) is 14.4. The average molecular weight is 305 g/mol. The van der Waals surface area contributed by atoms with Crippen LogP contribution in [0.15, 0.2) is 11.6 Å². The van der Waals surface area contributed by atoms with Crippen molar-refractivity contribution in [3.8, 4) is 0 Å². The van der Waals surface area contributed by atoms with Gasteiger partial charge in [-0.2, -0.15) is 0 Å². The highest BCUT2D eigenvalue weighted by atomic mass is 14.9. The molecule has 0 bridgehead atoms. The molecule has 0 spiro atoms. The summed E-state index contributed by atoms with van der Waals surface area (Å²) in [5.41, 5.74) is 1.68. The number of nitrogens with one attached hydrogen (secondary N) is 2. The number of hydrogen-bond acceptors (Lipinski definition) is 2. The first-order valence-corrected chi connectivity index (χ1v) is 10.0. The van der Waals surface area contributed by atoms with Crippen LogP contribution in [0.2, 0.25) is 0 Å². The van der Waals surface area contributed by atoms with Crippen LogP contribution < -0.4 is 10.6 Å². The molecule has 2 saturated carbocycles. The molecule has 0 unspecified atom stereocenters. The van der Waals surface area contributed by atoms with Crippen LogP contribution in [0.1, 0.15) is 83.5 Å². The second-order valence-corrected chi connectivity index (χ2v) is 7.96. The van der Waals surface area contributed by atoms with Crippen LogP contribution in [0.3, 0.4) is 0 Å². The van der Waals surface area contributed by atoms with Gasteiger partial charge in [-0.15, -0.1) is 0 Å². The van der Waals surface area contributed by atoms with Gasteiger partial charge >= 0.3 is 0 Å². The van der Waals surface area contributed by atoms with E-state index >= 15 is 0 Å². The lowest BCUT2D eigenvalue weighted by Crippen LogP contribution is -2.36. The number of rotatable bonds is 6. The summed E-state index contributed by atoms with van der Waals surface area (Å²) in [7, 11) is 0. The van der Waals surface area contributed by atoms with E-state index in [2.05, 4.69) is 16.7 Å². The fourth-order valence-corrected chi connectivity index (χ4v) is 4.51. The van der Waals surface area contributed by atoms with Gasteiger partial charge in [-0.25, -0.2) is 0 Å². The second-order valence-electron chi connectivity index (χ2n) is 7.96. The van der Waals surface area contributed by atoms with Crippen molar-refractivity contribution in [2.45, 2.75) is 95.6 Å². The van der Waals surface area contributed by atoms with Gasteiger partial charge in [0, 0.05) is 18.6 Å². The van der Waals surface area contributed by atoms with Crippen LogP contribution in [-0.4, -0.2) is 25.2 Å². The lowest BCUT2D eigenvalue weighted by atomic mass is 9.88. The van der Waals surface area contributed by atoms with Crippen molar-refractivity contribution >= 4 is 0 Å². The fourth-order valence-electron chi connectivity index (χ4n) is 4.51. The highest BCUT2D eigenvalue weighted by Crippen LogP contribution is 2.25. The van der Waals surface area contributed by atoms with E-state index in [0.717, 1.165) is 24.5 Å². The minimum Gasteiger partial charge on any atom is -0.314 e. The second kappa shape index (κ2) is 9.08. The van der Waals surface area contributed by atoms with Crippen molar-refractivity contribution in [3.63, 3.8) is 0 Å². The first kappa shape index (κ1) is 16.5. The fraction of sp³-hybridized carbons (Fsp3) is 0.900. The molecule has 0 heterocycles. The first-order valence-electron chi connectivity index (χ1n) is 10.0. The Hall–Kier alpha value is -0.340. The Morgan fingerprint density at radius 3 is 2.00 bits per heavy atom. The Kier molecular flexibility index (Phi) is 6.81. The first-order chi connectivity index (χ1) is 10.9. The summed E-state index contributed by atoms with van der Waals surface area (Å²) < 4.78 is 0. The molecule has 3 aliphatic carbocycles. The van der Waals surface area contributed by atoms with Gasteiger partial charge in [0.05, 0.1) is 0 Å². The topological polar surface area (TPSA) is 24.1 Å². The van der Waals surface area contributed by atoms with Gasteiger partial charge in [0.15, 0.2) is 0 Å². The maximum atomic E-state index is 3.84. The van der Waals surface area contributed by atoms with Gasteiger partial charge in [0.1, 0.15) is 0 Å². The largest absolute Gasteiger partial charge is 0.314 e. The molecular weight excluding hydrogens is 268 g/mol. The Bertz CT molecular complexity index is 338. The summed E-state index contributed by atoms with van der Waals surface area (Å²) in [6, 6.07) is 1.63. The lowest BCUT2D eigenvalue weighted by molar-refractivity contribution is 0.333. The van der Waals surface area contributed by atoms with Gasteiger partial charge in [0.25, 0.3) is 0 Å². The Morgan fingerprint density at radius 1 is 0.773 bits per heavy atom. The van der Waals surface area contributed by atoms with Crippen molar-refractivity contribution in [2.24, 2.45) is 5.92 Å². The predicted octanol–water partition coefficient (Wildman–Crippen LogP) is 4.56.